The number of guanidine groups is 6. The lowest BCUT2D eigenvalue weighted by atomic mass is 10.1. The molecule has 6 aromatic heterocycles. The molecule has 584 valence electrons. The standard InChI is InChI=1S/C69H66F9N25O9/c70-34-1-4-49(43(73)25-34)101-31-40(61(107)108)52(104)37-28-46(76)58(88-55(37)101)95-13-19-98(20-14-95)67(82)91-64(79)85-7-10-94(11-8-86-65(80)92-68(83)99-21-15-96(16-22-99)59-47(77)29-38-53(105)41(62(109)110)32-102(56(38)89-59)50-5-2-35(71)26-44(50)74)12-9-87-66(81)93-69(84)100-23-17-97(18-24-100)60-48(78)30-39-54(106)42(63(111)112)33-103(57(39)90-60)51-6-3-36(72)27-45(51)75/h1-6,25-33H,7-24H2,(H,107,108)(H,109,110)(H,111,112)(H4,79,82,85,91)(H4,80,83,86,92)(H4,81,84,87,93). The van der Waals surface area contributed by atoms with E-state index in [9.17, 15) is 57.3 Å². The monoisotopic (exact) mass is 1560 g/mol. The predicted molar refractivity (Wildman–Crippen MR) is 390 cm³/mol. The summed E-state index contributed by atoms with van der Waals surface area (Å²) in [5.41, 5.74) is -7.87. The molecule has 34 nitrogen and oxygen atoms in total. The number of nitrogens with zero attached hydrogens (tertiary/aromatic N) is 13. The molecule has 3 aliphatic heterocycles. The van der Waals surface area contributed by atoms with Crippen LogP contribution in [0.15, 0.2) is 106 Å². The van der Waals surface area contributed by atoms with E-state index < -0.39 is 119 Å². The molecule has 9 aromatic rings. The summed E-state index contributed by atoms with van der Waals surface area (Å²) in [7, 11) is 0. The Labute approximate surface area is 624 Å². The van der Waals surface area contributed by atoms with Gasteiger partial charge in [0.05, 0.1) is 33.2 Å². The molecule has 3 aliphatic rings. The van der Waals surface area contributed by atoms with E-state index in [0.29, 0.717) is 18.2 Å². The quantitative estimate of drug-likeness (QED) is 0.0333. The Morgan fingerprint density at radius 3 is 0.857 bits per heavy atom. The minimum absolute atomic E-state index is 0.0278. The molecule has 0 unspecified atom stereocenters. The molecule has 0 spiro atoms. The van der Waals surface area contributed by atoms with Crippen LogP contribution in [0, 0.1) is 84.8 Å². The van der Waals surface area contributed by atoms with Crippen molar-refractivity contribution in [2.75, 3.05) is 133 Å². The number of carboxylic acids is 3. The van der Waals surface area contributed by atoms with Gasteiger partial charge in [0.25, 0.3) is 0 Å². The molecule has 43 heteroatoms. The number of nitrogens with one attached hydrogen (secondary N) is 12. The maximum atomic E-state index is 15.9. The molecule has 0 aliphatic carbocycles. The van der Waals surface area contributed by atoms with Crippen molar-refractivity contribution >= 4 is 104 Å². The number of anilines is 3. The number of hydrogen-bond donors (Lipinski definition) is 15. The second kappa shape index (κ2) is 32.5. The van der Waals surface area contributed by atoms with Crippen molar-refractivity contribution < 1.29 is 69.2 Å². The summed E-state index contributed by atoms with van der Waals surface area (Å²) in [5.74, 6) is -16.8. The Morgan fingerprint density at radius 1 is 0.375 bits per heavy atom. The molecule has 3 aromatic carbocycles. The predicted octanol–water partition coefficient (Wildman–Crippen LogP) is 3.35. The zero-order valence-corrected chi connectivity index (χ0v) is 58.4. The van der Waals surface area contributed by atoms with E-state index in [2.05, 4.69) is 46.9 Å². The highest BCUT2D eigenvalue weighted by molar-refractivity contribution is 5.99. The first-order valence-electron chi connectivity index (χ1n) is 34.0. The van der Waals surface area contributed by atoms with E-state index in [1.165, 1.54) is 29.4 Å². The van der Waals surface area contributed by atoms with E-state index in [-0.39, 0.29) is 205 Å². The lowest BCUT2D eigenvalue weighted by Gasteiger charge is -2.37. The van der Waals surface area contributed by atoms with Crippen LogP contribution in [0.5, 0.6) is 0 Å². The lowest BCUT2D eigenvalue weighted by molar-refractivity contribution is 0.0684. The summed E-state index contributed by atoms with van der Waals surface area (Å²) in [4.78, 5) is 99.6. The van der Waals surface area contributed by atoms with Gasteiger partial charge in [0.15, 0.2) is 87.6 Å². The van der Waals surface area contributed by atoms with Crippen molar-refractivity contribution in [3.8, 4) is 17.1 Å². The van der Waals surface area contributed by atoms with Crippen molar-refractivity contribution in [2.24, 2.45) is 0 Å². The second-order valence-corrected chi connectivity index (χ2v) is 25.5. The molecule has 9 heterocycles. The van der Waals surface area contributed by atoms with Gasteiger partial charge in [-0.1, -0.05) is 0 Å². The fourth-order valence-corrected chi connectivity index (χ4v) is 12.8. The third-order valence-electron chi connectivity index (χ3n) is 18.5. The number of benzene rings is 3. The van der Waals surface area contributed by atoms with Crippen LogP contribution in [-0.4, -0.2) is 235 Å². The Bertz CT molecular complexity index is 5040. The van der Waals surface area contributed by atoms with Crippen molar-refractivity contribution in [1.29, 1.82) is 32.5 Å². The molecule has 12 rings (SSSR count). The van der Waals surface area contributed by atoms with Gasteiger partial charge in [0.1, 0.15) is 51.6 Å². The summed E-state index contributed by atoms with van der Waals surface area (Å²) >= 11 is 0. The Kier molecular flexibility index (Phi) is 22.6. The largest absolute Gasteiger partial charge is 0.477 e. The number of carboxylic acid groups (broad SMARTS) is 3. The Morgan fingerprint density at radius 2 is 0.625 bits per heavy atom. The second-order valence-electron chi connectivity index (χ2n) is 25.5. The van der Waals surface area contributed by atoms with E-state index in [0.717, 1.165) is 86.9 Å². The summed E-state index contributed by atoms with van der Waals surface area (Å²) < 4.78 is 138. The maximum absolute atomic E-state index is 15.9. The van der Waals surface area contributed by atoms with E-state index in [1.807, 2.05) is 4.90 Å². The van der Waals surface area contributed by atoms with Gasteiger partial charge in [0.2, 0.25) is 16.3 Å². The molecule has 112 heavy (non-hydrogen) atoms. The summed E-state index contributed by atoms with van der Waals surface area (Å²) in [5, 5.41) is 96.9. The van der Waals surface area contributed by atoms with Crippen LogP contribution in [-0.2, 0) is 0 Å². The van der Waals surface area contributed by atoms with Gasteiger partial charge in [-0.25, -0.2) is 68.8 Å². The van der Waals surface area contributed by atoms with Crippen LogP contribution >= 0.6 is 0 Å². The number of fused-ring (bicyclic) bond motifs is 3. The van der Waals surface area contributed by atoms with Gasteiger partial charge in [-0.05, 0) is 54.6 Å². The SMILES string of the molecule is N=C(NCCN(CCNC(=N)NC(=N)N1CCN(c2nc3c(cc2F)c(=O)c(C(=O)O)cn3-c2ccc(F)cc2F)CC1)CCNC(=N)NC(=N)N1CCN(c2nc3c(cc2F)c(=O)c(C(=O)O)cn3-c2ccc(F)cc2F)CC1)NC(=N)N1CCN(c2nc3c(cc2F)c(=O)c(C(=O)O)cn3-c2ccc(F)cc2F)CC1. The first kappa shape index (κ1) is 77.7. The molecule has 0 amide bonds. The minimum atomic E-state index is -1.69. The van der Waals surface area contributed by atoms with E-state index in [4.69, 9.17) is 32.5 Å². The van der Waals surface area contributed by atoms with Gasteiger partial charge >= 0.3 is 17.9 Å². The van der Waals surface area contributed by atoms with Crippen molar-refractivity contribution in [1.82, 2.24) is 80.2 Å². The number of pyridine rings is 6. The summed E-state index contributed by atoms with van der Waals surface area (Å²) in [6.45, 7) is 1.29. The third kappa shape index (κ3) is 16.6. The number of hydrogen-bond acceptors (Lipinski definition) is 19. The molecule has 0 atom stereocenters. The number of aromatic nitrogens is 6. The minimum Gasteiger partial charge on any atom is -0.477 e. The molecular weight excluding hydrogens is 1490 g/mol. The van der Waals surface area contributed by atoms with Crippen molar-refractivity contribution in [2.45, 2.75) is 0 Å². The van der Waals surface area contributed by atoms with Crippen LogP contribution in [0.1, 0.15) is 31.1 Å². The van der Waals surface area contributed by atoms with Crippen molar-refractivity contribution in [3.05, 3.63) is 191 Å². The van der Waals surface area contributed by atoms with Crippen LogP contribution in [0.2, 0.25) is 0 Å². The van der Waals surface area contributed by atoms with Gasteiger partial charge < -0.3 is 60.7 Å². The molecular formula is C69H66F9N25O9. The van der Waals surface area contributed by atoms with Crippen LogP contribution in [0.25, 0.3) is 50.2 Å². The summed E-state index contributed by atoms with van der Waals surface area (Å²) in [6.07, 6.45) is 2.43. The maximum Gasteiger partial charge on any atom is 0.341 e. The topological polar surface area (TPSA) is 455 Å². The molecule has 15 N–H and O–H groups in total. The smallest absolute Gasteiger partial charge is 0.341 e. The van der Waals surface area contributed by atoms with Crippen LogP contribution < -0.4 is 62.9 Å². The Hall–Kier alpha value is -13.9. The summed E-state index contributed by atoms with van der Waals surface area (Å²) in [6, 6.07) is 9.68. The molecule has 0 bridgehead atoms. The van der Waals surface area contributed by atoms with Crippen molar-refractivity contribution in [3.63, 3.8) is 0 Å². The van der Waals surface area contributed by atoms with Crippen LogP contribution in [0.4, 0.5) is 57.0 Å². The number of carbonyl (C=O) groups is 3. The number of rotatable bonds is 18. The van der Waals surface area contributed by atoms with E-state index >= 15 is 26.3 Å². The van der Waals surface area contributed by atoms with E-state index in [1.54, 1.807) is 0 Å². The normalized spacial score (nSPS) is 13.9. The Balaban J connectivity index is 0.657. The number of piperazine rings is 3. The number of halogens is 9. The average molecular weight is 1560 g/mol. The third-order valence-corrected chi connectivity index (χ3v) is 18.5. The number of aromatic carboxylic acids is 3. The van der Waals surface area contributed by atoms with Gasteiger partial charge in [-0.15, -0.1) is 0 Å². The van der Waals surface area contributed by atoms with Gasteiger partial charge in [0, 0.05) is 155 Å². The zero-order chi connectivity index (χ0) is 80.3. The fraction of sp³-hybridized carbons (Fsp3) is 0.261. The first-order chi connectivity index (χ1) is 53.4. The zero-order valence-electron chi connectivity index (χ0n) is 58.4. The first-order valence-corrected chi connectivity index (χ1v) is 34.0. The average Bonchev–Trinajstić information content (AvgIpc) is 0.760. The highest BCUT2D eigenvalue weighted by Gasteiger charge is 2.31. The van der Waals surface area contributed by atoms with Gasteiger partial charge in [-0.2, -0.15) is 0 Å². The lowest BCUT2D eigenvalue weighted by Crippen LogP contribution is -2.56. The van der Waals surface area contributed by atoms with Gasteiger partial charge in [-0.3, -0.25) is 81.4 Å². The molecule has 0 saturated carbocycles. The van der Waals surface area contributed by atoms with Crippen LogP contribution in [0.3, 0.4) is 0 Å². The highest BCUT2D eigenvalue weighted by atomic mass is 19.2. The molecule has 3 saturated heterocycles. The highest BCUT2D eigenvalue weighted by Crippen LogP contribution is 2.31. The fourth-order valence-electron chi connectivity index (χ4n) is 12.8. The molecule has 3 fully saturated rings. The molecule has 0 radical (unpaired) electrons.